The second-order valence-electron chi connectivity index (χ2n) is 6.56. The van der Waals surface area contributed by atoms with Gasteiger partial charge in [-0.3, -0.25) is 4.99 Å². The highest BCUT2D eigenvalue weighted by Gasteiger charge is 2.21. The number of benzene rings is 1. The molecule has 1 aliphatic heterocycles. The number of nitrogens with zero attached hydrogens (tertiary/aromatic N) is 2. The zero-order valence-corrected chi connectivity index (χ0v) is 19.9. The lowest BCUT2D eigenvalue weighted by Gasteiger charge is -2.34. The summed E-state index contributed by atoms with van der Waals surface area (Å²) in [7, 11) is 3.54. The van der Waals surface area contributed by atoms with Gasteiger partial charge in [0.2, 0.25) is 0 Å². The molecule has 160 valence electrons. The summed E-state index contributed by atoms with van der Waals surface area (Å²) in [6.45, 7) is 5.35. The van der Waals surface area contributed by atoms with Crippen molar-refractivity contribution in [2.24, 2.45) is 4.99 Å². The smallest absolute Gasteiger partial charge is 0.193 e. The Labute approximate surface area is 191 Å². The molecule has 6 nitrogen and oxygen atoms in total. The van der Waals surface area contributed by atoms with Gasteiger partial charge in [0.25, 0.3) is 0 Å². The molecule has 0 spiro atoms. The van der Waals surface area contributed by atoms with Gasteiger partial charge >= 0.3 is 0 Å². The third kappa shape index (κ3) is 9.73. The summed E-state index contributed by atoms with van der Waals surface area (Å²) in [5, 5.41) is 4.12. The first-order valence-electron chi connectivity index (χ1n) is 9.61. The van der Waals surface area contributed by atoms with Gasteiger partial charge in [0.1, 0.15) is 0 Å². The van der Waals surface area contributed by atoms with Crippen molar-refractivity contribution < 1.29 is 14.2 Å². The number of halogens is 2. The van der Waals surface area contributed by atoms with E-state index >= 15 is 0 Å². The third-order valence-electron chi connectivity index (χ3n) is 4.49. The lowest BCUT2D eigenvalue weighted by molar-refractivity contribution is 0.00983. The molecule has 0 saturated carbocycles. The number of piperidine rings is 1. The Balaban J connectivity index is 0.00000392. The monoisotopic (exact) mass is 525 g/mol. The maximum Gasteiger partial charge on any atom is 0.193 e. The first-order valence-corrected chi connectivity index (χ1v) is 9.99. The number of guanidine groups is 1. The number of hydrogen-bond acceptors (Lipinski definition) is 4. The van der Waals surface area contributed by atoms with E-state index < -0.39 is 0 Å². The first kappa shape index (κ1) is 25.4. The highest BCUT2D eigenvalue weighted by Crippen LogP contribution is 2.14. The Morgan fingerprint density at radius 2 is 2.04 bits per heavy atom. The second-order valence-corrected chi connectivity index (χ2v) is 7.00. The molecule has 1 fully saturated rings. The topological polar surface area (TPSA) is 55.3 Å². The summed E-state index contributed by atoms with van der Waals surface area (Å²) in [5.41, 5.74) is 1.08. The minimum Gasteiger partial charge on any atom is -0.385 e. The van der Waals surface area contributed by atoms with Crippen LogP contribution in [0.1, 0.15) is 24.8 Å². The molecule has 2 rings (SSSR count). The van der Waals surface area contributed by atoms with E-state index in [1.165, 1.54) is 0 Å². The van der Waals surface area contributed by atoms with Crippen LogP contribution in [-0.4, -0.2) is 70.6 Å². The standard InChI is InChI=1S/C20H32ClN3O3.HI/c1-22-20(23-9-14-26-16-17-5-3-6-18(21)15-17)24-10-7-19(8-11-24)27-13-4-12-25-2;/h3,5-6,15,19H,4,7-14,16H2,1-2H3,(H,22,23);1H. The average Bonchev–Trinajstić information content (AvgIpc) is 2.69. The fraction of sp³-hybridized carbons (Fsp3) is 0.650. The molecule has 1 heterocycles. The minimum absolute atomic E-state index is 0. The van der Waals surface area contributed by atoms with Gasteiger partial charge in [-0.05, 0) is 37.0 Å². The molecule has 1 aliphatic rings. The van der Waals surface area contributed by atoms with Crippen LogP contribution < -0.4 is 5.32 Å². The van der Waals surface area contributed by atoms with Crippen molar-refractivity contribution in [2.45, 2.75) is 32.0 Å². The number of ether oxygens (including phenoxy) is 3. The summed E-state index contributed by atoms with van der Waals surface area (Å²) < 4.78 is 16.7. The molecule has 0 aliphatic carbocycles. The van der Waals surface area contributed by atoms with Gasteiger partial charge < -0.3 is 24.4 Å². The number of rotatable bonds is 10. The molecule has 0 unspecified atom stereocenters. The Morgan fingerprint density at radius 1 is 1.25 bits per heavy atom. The summed E-state index contributed by atoms with van der Waals surface area (Å²) in [4.78, 5) is 6.68. The number of likely N-dealkylation sites (tertiary alicyclic amines) is 1. The molecule has 1 aromatic carbocycles. The van der Waals surface area contributed by atoms with Crippen molar-refractivity contribution in [3.8, 4) is 0 Å². The maximum absolute atomic E-state index is 5.98. The SMILES string of the molecule is CN=C(NCCOCc1cccc(Cl)c1)N1CCC(OCCCOC)CC1.I. The van der Waals surface area contributed by atoms with Gasteiger partial charge in [-0.1, -0.05) is 23.7 Å². The summed E-state index contributed by atoms with van der Waals surface area (Å²) in [6, 6.07) is 7.74. The van der Waals surface area contributed by atoms with Gasteiger partial charge in [0.05, 0.1) is 19.3 Å². The van der Waals surface area contributed by atoms with Gasteiger partial charge in [-0.25, -0.2) is 0 Å². The Morgan fingerprint density at radius 3 is 2.71 bits per heavy atom. The molecular formula is C20H33ClIN3O3. The fourth-order valence-electron chi connectivity index (χ4n) is 3.07. The Bertz CT molecular complexity index is 569. The summed E-state index contributed by atoms with van der Waals surface area (Å²) in [6.07, 6.45) is 3.35. The number of aliphatic imine (C=N–C) groups is 1. The van der Waals surface area contributed by atoms with Gasteiger partial charge in [-0.2, -0.15) is 0 Å². The van der Waals surface area contributed by atoms with Gasteiger partial charge in [0, 0.05) is 52.0 Å². The highest BCUT2D eigenvalue weighted by molar-refractivity contribution is 14.0. The van der Waals surface area contributed by atoms with Crippen molar-refractivity contribution in [1.82, 2.24) is 10.2 Å². The molecule has 1 aromatic rings. The van der Waals surface area contributed by atoms with Crippen LogP contribution in [0.5, 0.6) is 0 Å². The number of methoxy groups -OCH3 is 1. The van der Waals surface area contributed by atoms with E-state index in [2.05, 4.69) is 15.2 Å². The minimum atomic E-state index is 0. The molecule has 1 saturated heterocycles. The van der Waals surface area contributed by atoms with E-state index in [9.17, 15) is 0 Å². The molecule has 0 radical (unpaired) electrons. The van der Waals surface area contributed by atoms with Crippen LogP contribution in [0.15, 0.2) is 29.3 Å². The molecule has 1 N–H and O–H groups in total. The van der Waals surface area contributed by atoms with Crippen LogP contribution in [0.25, 0.3) is 0 Å². The number of nitrogens with one attached hydrogen (secondary N) is 1. The third-order valence-corrected chi connectivity index (χ3v) is 4.72. The van der Waals surface area contributed by atoms with E-state index in [1.54, 1.807) is 7.11 Å². The first-order chi connectivity index (χ1) is 13.2. The molecule has 8 heteroatoms. The van der Waals surface area contributed by atoms with E-state index in [0.29, 0.717) is 19.3 Å². The molecule has 0 aromatic heterocycles. The predicted molar refractivity (Wildman–Crippen MR) is 125 cm³/mol. The van der Waals surface area contributed by atoms with Crippen molar-refractivity contribution in [3.63, 3.8) is 0 Å². The van der Waals surface area contributed by atoms with E-state index in [1.807, 2.05) is 31.3 Å². The second kappa shape index (κ2) is 15.3. The van der Waals surface area contributed by atoms with Crippen molar-refractivity contribution in [2.75, 3.05) is 53.6 Å². The van der Waals surface area contributed by atoms with E-state index in [0.717, 1.165) is 68.7 Å². The largest absolute Gasteiger partial charge is 0.385 e. The molecule has 0 atom stereocenters. The predicted octanol–water partition coefficient (Wildman–Crippen LogP) is 3.57. The Kier molecular flexibility index (Phi) is 13.9. The van der Waals surface area contributed by atoms with Crippen molar-refractivity contribution in [1.29, 1.82) is 0 Å². The zero-order valence-electron chi connectivity index (χ0n) is 16.9. The quantitative estimate of drug-likeness (QED) is 0.219. The summed E-state index contributed by atoms with van der Waals surface area (Å²) >= 11 is 5.98. The van der Waals surface area contributed by atoms with E-state index in [4.69, 9.17) is 25.8 Å². The van der Waals surface area contributed by atoms with Crippen LogP contribution in [-0.2, 0) is 20.8 Å². The summed E-state index contributed by atoms with van der Waals surface area (Å²) in [5.74, 6) is 0.930. The highest BCUT2D eigenvalue weighted by atomic mass is 127. The average molecular weight is 526 g/mol. The van der Waals surface area contributed by atoms with Crippen LogP contribution in [0.2, 0.25) is 5.02 Å². The molecular weight excluding hydrogens is 493 g/mol. The van der Waals surface area contributed by atoms with Crippen LogP contribution in [0, 0.1) is 0 Å². The van der Waals surface area contributed by atoms with Gasteiger partial charge in [-0.15, -0.1) is 24.0 Å². The molecule has 28 heavy (non-hydrogen) atoms. The van der Waals surface area contributed by atoms with Crippen LogP contribution in [0.4, 0.5) is 0 Å². The van der Waals surface area contributed by atoms with Crippen LogP contribution in [0.3, 0.4) is 0 Å². The van der Waals surface area contributed by atoms with Crippen molar-refractivity contribution >= 4 is 41.5 Å². The van der Waals surface area contributed by atoms with Crippen LogP contribution >= 0.6 is 35.6 Å². The number of hydrogen-bond donors (Lipinski definition) is 1. The lowest BCUT2D eigenvalue weighted by Crippen LogP contribution is -2.47. The molecule has 0 amide bonds. The molecule has 0 bridgehead atoms. The maximum atomic E-state index is 5.98. The lowest BCUT2D eigenvalue weighted by atomic mass is 10.1. The Hall–Kier alpha value is -0.610. The zero-order chi connectivity index (χ0) is 19.3. The normalized spacial score (nSPS) is 15.4. The fourth-order valence-corrected chi connectivity index (χ4v) is 3.28. The van der Waals surface area contributed by atoms with E-state index in [-0.39, 0.29) is 24.0 Å². The van der Waals surface area contributed by atoms with Gasteiger partial charge in [0.15, 0.2) is 5.96 Å². The van der Waals surface area contributed by atoms with Crippen molar-refractivity contribution in [3.05, 3.63) is 34.9 Å².